The van der Waals surface area contributed by atoms with E-state index in [9.17, 15) is 4.39 Å². The van der Waals surface area contributed by atoms with Crippen LogP contribution in [0.3, 0.4) is 0 Å². The van der Waals surface area contributed by atoms with Gasteiger partial charge in [0.1, 0.15) is 5.82 Å². The molecule has 0 spiro atoms. The van der Waals surface area contributed by atoms with E-state index in [0.717, 1.165) is 0 Å². The van der Waals surface area contributed by atoms with Crippen molar-refractivity contribution in [1.29, 1.82) is 0 Å². The van der Waals surface area contributed by atoms with Crippen LogP contribution in [0.15, 0.2) is 18.2 Å². The first kappa shape index (κ1) is 11.5. The highest BCUT2D eigenvalue weighted by Gasteiger charge is 2.10. The van der Waals surface area contributed by atoms with Gasteiger partial charge in [-0.3, -0.25) is 4.68 Å². The minimum absolute atomic E-state index is 0.198. The first-order valence-electron chi connectivity index (χ1n) is 5.09. The first-order chi connectivity index (χ1) is 8.15. The number of hydrogen-bond acceptors (Lipinski definition) is 4. The van der Waals surface area contributed by atoms with Crippen LogP contribution in [0.5, 0.6) is 5.75 Å². The normalized spacial score (nSPS) is 10.6. The van der Waals surface area contributed by atoms with Crippen LogP contribution in [-0.4, -0.2) is 21.9 Å². The number of halogens is 1. The fraction of sp³-hybridized carbons (Fsp3) is 0.273. The van der Waals surface area contributed by atoms with Crippen molar-refractivity contribution in [3.05, 3.63) is 29.8 Å². The number of ether oxygens (including phenoxy) is 1. The van der Waals surface area contributed by atoms with Crippen molar-refractivity contribution >= 4 is 0 Å². The Morgan fingerprint density at radius 3 is 2.76 bits per heavy atom. The molecule has 0 atom stereocenters. The fourth-order valence-electron chi connectivity index (χ4n) is 1.52. The Bertz CT molecular complexity index is 538. The third-order valence-electron chi connectivity index (χ3n) is 2.45. The molecule has 0 fully saturated rings. The van der Waals surface area contributed by atoms with E-state index in [2.05, 4.69) is 10.1 Å². The number of aromatic nitrogens is 3. The van der Waals surface area contributed by atoms with Gasteiger partial charge in [-0.1, -0.05) is 0 Å². The van der Waals surface area contributed by atoms with Crippen molar-refractivity contribution < 1.29 is 9.13 Å². The SMILES string of the molecule is COc1ccc(-c2nc(CN)n(C)n2)cc1F. The number of methoxy groups -OCH3 is 1. The van der Waals surface area contributed by atoms with Crippen LogP contribution in [0.1, 0.15) is 5.82 Å². The first-order valence-corrected chi connectivity index (χ1v) is 5.09. The second-order valence-corrected chi connectivity index (χ2v) is 3.53. The van der Waals surface area contributed by atoms with Crippen molar-refractivity contribution in [3.8, 4) is 17.1 Å². The molecule has 1 heterocycles. The molecule has 90 valence electrons. The molecule has 2 rings (SSSR count). The van der Waals surface area contributed by atoms with Crippen LogP contribution in [0.2, 0.25) is 0 Å². The molecule has 2 aromatic rings. The molecule has 0 aliphatic rings. The molecular formula is C11H13FN4O. The molecule has 0 bridgehead atoms. The van der Waals surface area contributed by atoms with Crippen molar-refractivity contribution in [3.63, 3.8) is 0 Å². The van der Waals surface area contributed by atoms with Gasteiger partial charge < -0.3 is 10.5 Å². The van der Waals surface area contributed by atoms with Gasteiger partial charge in [0.05, 0.1) is 13.7 Å². The maximum absolute atomic E-state index is 13.5. The quantitative estimate of drug-likeness (QED) is 0.866. The fourth-order valence-corrected chi connectivity index (χ4v) is 1.52. The van der Waals surface area contributed by atoms with Crippen molar-refractivity contribution in [2.24, 2.45) is 12.8 Å². The Morgan fingerprint density at radius 1 is 1.47 bits per heavy atom. The van der Waals surface area contributed by atoms with E-state index in [4.69, 9.17) is 10.5 Å². The Balaban J connectivity index is 2.42. The minimum Gasteiger partial charge on any atom is -0.494 e. The molecule has 0 unspecified atom stereocenters. The van der Waals surface area contributed by atoms with E-state index >= 15 is 0 Å². The summed E-state index contributed by atoms with van der Waals surface area (Å²) in [4.78, 5) is 4.21. The van der Waals surface area contributed by atoms with Gasteiger partial charge in [0.2, 0.25) is 0 Å². The molecule has 0 saturated carbocycles. The van der Waals surface area contributed by atoms with E-state index < -0.39 is 5.82 Å². The summed E-state index contributed by atoms with van der Waals surface area (Å²) in [6.07, 6.45) is 0. The Morgan fingerprint density at radius 2 is 2.24 bits per heavy atom. The van der Waals surface area contributed by atoms with Crippen LogP contribution >= 0.6 is 0 Å². The van der Waals surface area contributed by atoms with Crippen LogP contribution in [0, 0.1) is 5.82 Å². The predicted molar refractivity (Wildman–Crippen MR) is 60.8 cm³/mol. The van der Waals surface area contributed by atoms with Gasteiger partial charge in [-0.05, 0) is 18.2 Å². The lowest BCUT2D eigenvalue weighted by Crippen LogP contribution is -2.05. The van der Waals surface area contributed by atoms with Gasteiger partial charge in [0.15, 0.2) is 17.4 Å². The summed E-state index contributed by atoms with van der Waals surface area (Å²) in [7, 11) is 3.17. The topological polar surface area (TPSA) is 66.0 Å². The number of benzene rings is 1. The Labute approximate surface area is 98.0 Å². The molecule has 0 aliphatic heterocycles. The monoisotopic (exact) mass is 236 g/mol. The summed E-state index contributed by atoms with van der Waals surface area (Å²) in [6.45, 7) is 0.294. The molecule has 0 saturated heterocycles. The summed E-state index contributed by atoms with van der Waals surface area (Å²) in [6, 6.07) is 4.59. The van der Waals surface area contributed by atoms with Crippen LogP contribution < -0.4 is 10.5 Å². The number of hydrogen-bond donors (Lipinski definition) is 1. The third kappa shape index (κ3) is 2.12. The van der Waals surface area contributed by atoms with E-state index in [0.29, 0.717) is 23.8 Å². The highest BCUT2D eigenvalue weighted by molar-refractivity contribution is 5.56. The lowest BCUT2D eigenvalue weighted by Gasteiger charge is -2.02. The predicted octanol–water partition coefficient (Wildman–Crippen LogP) is 1.09. The second-order valence-electron chi connectivity index (χ2n) is 3.53. The molecule has 0 amide bonds. The highest BCUT2D eigenvalue weighted by atomic mass is 19.1. The zero-order valence-electron chi connectivity index (χ0n) is 9.64. The molecule has 1 aromatic heterocycles. The van der Waals surface area contributed by atoms with Crippen LogP contribution in [-0.2, 0) is 13.6 Å². The van der Waals surface area contributed by atoms with E-state index in [1.54, 1.807) is 23.9 Å². The van der Waals surface area contributed by atoms with Gasteiger partial charge >= 0.3 is 0 Å². The summed E-state index contributed by atoms with van der Waals surface area (Å²) in [5.41, 5.74) is 6.10. The lowest BCUT2D eigenvalue weighted by molar-refractivity contribution is 0.386. The largest absolute Gasteiger partial charge is 0.494 e. The van der Waals surface area contributed by atoms with Gasteiger partial charge in [0.25, 0.3) is 0 Å². The van der Waals surface area contributed by atoms with Gasteiger partial charge in [-0.15, -0.1) is 0 Å². The van der Waals surface area contributed by atoms with Crippen LogP contribution in [0.25, 0.3) is 11.4 Å². The third-order valence-corrected chi connectivity index (χ3v) is 2.45. The summed E-state index contributed by atoms with van der Waals surface area (Å²) < 4.78 is 19.9. The summed E-state index contributed by atoms with van der Waals surface area (Å²) >= 11 is 0. The van der Waals surface area contributed by atoms with Crippen molar-refractivity contribution in [2.45, 2.75) is 6.54 Å². The standard InChI is InChI=1S/C11H13FN4O/c1-16-10(6-13)14-11(15-16)7-3-4-9(17-2)8(12)5-7/h3-5H,6,13H2,1-2H3. The number of aryl methyl sites for hydroxylation is 1. The molecule has 6 heteroatoms. The number of nitrogens with zero attached hydrogens (tertiary/aromatic N) is 3. The zero-order chi connectivity index (χ0) is 12.4. The smallest absolute Gasteiger partial charge is 0.181 e. The number of nitrogens with two attached hydrogens (primary N) is 1. The van der Waals surface area contributed by atoms with Crippen molar-refractivity contribution in [1.82, 2.24) is 14.8 Å². The maximum atomic E-state index is 13.5. The summed E-state index contributed by atoms with van der Waals surface area (Å²) in [5.74, 6) is 0.862. The highest BCUT2D eigenvalue weighted by Crippen LogP contribution is 2.23. The Hall–Kier alpha value is -1.95. The lowest BCUT2D eigenvalue weighted by atomic mass is 10.2. The van der Waals surface area contributed by atoms with E-state index in [-0.39, 0.29) is 5.75 Å². The average Bonchev–Trinajstić information content (AvgIpc) is 2.70. The average molecular weight is 236 g/mol. The zero-order valence-corrected chi connectivity index (χ0v) is 9.64. The molecule has 17 heavy (non-hydrogen) atoms. The van der Waals surface area contributed by atoms with Gasteiger partial charge in [0, 0.05) is 12.6 Å². The maximum Gasteiger partial charge on any atom is 0.181 e. The van der Waals surface area contributed by atoms with Gasteiger partial charge in [-0.25, -0.2) is 9.37 Å². The van der Waals surface area contributed by atoms with Crippen LogP contribution in [0.4, 0.5) is 4.39 Å². The van der Waals surface area contributed by atoms with Crippen molar-refractivity contribution in [2.75, 3.05) is 7.11 Å². The second kappa shape index (κ2) is 4.50. The Kier molecular flexibility index (Phi) is 3.06. The molecule has 0 aliphatic carbocycles. The van der Waals surface area contributed by atoms with E-state index in [1.807, 2.05) is 0 Å². The minimum atomic E-state index is -0.438. The molecular weight excluding hydrogens is 223 g/mol. The molecule has 0 radical (unpaired) electrons. The van der Waals surface area contributed by atoms with E-state index in [1.165, 1.54) is 13.2 Å². The number of rotatable bonds is 3. The molecule has 2 N–H and O–H groups in total. The molecule has 1 aromatic carbocycles. The summed E-state index contributed by atoms with van der Waals surface area (Å²) in [5, 5.41) is 4.17. The van der Waals surface area contributed by atoms with Gasteiger partial charge in [-0.2, -0.15) is 5.10 Å². The molecule has 5 nitrogen and oxygen atoms in total.